The number of H-pyrrole nitrogens is 1. The highest BCUT2D eigenvalue weighted by Crippen LogP contribution is 2.20. The zero-order chi connectivity index (χ0) is 21.7. The molecule has 0 saturated carbocycles. The summed E-state index contributed by atoms with van der Waals surface area (Å²) in [6.45, 7) is 2.05. The minimum Gasteiger partial charge on any atom is -0.351 e. The summed E-state index contributed by atoms with van der Waals surface area (Å²) in [6.07, 6.45) is 1.46. The molecular formula is C22H25N5O3S. The molecule has 1 atom stereocenters. The Morgan fingerprint density at radius 3 is 2.58 bits per heavy atom. The van der Waals surface area contributed by atoms with Crippen LogP contribution in [0.25, 0.3) is 0 Å². The number of nitrogens with one attached hydrogen (secondary N) is 2. The highest BCUT2D eigenvalue weighted by Gasteiger charge is 2.22. The van der Waals surface area contributed by atoms with Crippen LogP contribution >= 0.6 is 0 Å². The van der Waals surface area contributed by atoms with Crippen molar-refractivity contribution in [2.24, 2.45) is 0 Å². The standard InChI is InChI=1S/C22H25N5O3S/c28-22(23-14-20(21-24-16-25-26-21)18-6-2-1-3-7-18)19-8-4-5-17(13-19)15-27-9-11-31(29,30)12-10-27/h1-8,13,16,20H,9-12,14-15H2,(H,23,28)(H,24,25,26). The van der Waals surface area contributed by atoms with Crippen LogP contribution in [0.4, 0.5) is 0 Å². The Balaban J connectivity index is 1.41. The van der Waals surface area contributed by atoms with Crippen LogP contribution < -0.4 is 5.32 Å². The van der Waals surface area contributed by atoms with Gasteiger partial charge in [-0.15, -0.1) is 0 Å². The van der Waals surface area contributed by atoms with Crippen molar-refractivity contribution in [2.75, 3.05) is 31.1 Å². The molecule has 4 rings (SSSR count). The van der Waals surface area contributed by atoms with Gasteiger partial charge in [0, 0.05) is 31.7 Å². The van der Waals surface area contributed by atoms with Crippen molar-refractivity contribution < 1.29 is 13.2 Å². The second kappa shape index (κ2) is 9.40. The predicted octanol–water partition coefficient (Wildman–Crippen LogP) is 1.60. The summed E-state index contributed by atoms with van der Waals surface area (Å²) in [5.41, 5.74) is 2.60. The number of nitrogens with zero attached hydrogens (tertiary/aromatic N) is 3. The zero-order valence-electron chi connectivity index (χ0n) is 17.1. The molecule has 2 heterocycles. The predicted molar refractivity (Wildman–Crippen MR) is 117 cm³/mol. The lowest BCUT2D eigenvalue weighted by molar-refractivity contribution is 0.0952. The van der Waals surface area contributed by atoms with Gasteiger partial charge in [0.05, 0.1) is 17.4 Å². The van der Waals surface area contributed by atoms with Crippen LogP contribution in [0.1, 0.15) is 33.2 Å². The van der Waals surface area contributed by atoms with E-state index in [9.17, 15) is 13.2 Å². The van der Waals surface area contributed by atoms with Gasteiger partial charge in [0.25, 0.3) is 5.91 Å². The third kappa shape index (κ3) is 5.56. The molecule has 1 fully saturated rings. The van der Waals surface area contributed by atoms with Gasteiger partial charge in [-0.05, 0) is 23.3 Å². The molecule has 1 unspecified atom stereocenters. The Kier molecular flexibility index (Phi) is 6.43. The lowest BCUT2D eigenvalue weighted by Crippen LogP contribution is -2.39. The van der Waals surface area contributed by atoms with Crippen LogP contribution in [0.2, 0.25) is 0 Å². The number of amides is 1. The molecular weight excluding hydrogens is 414 g/mol. The molecule has 8 nitrogen and oxygen atoms in total. The Bertz CT molecular complexity index is 1100. The maximum atomic E-state index is 12.8. The highest BCUT2D eigenvalue weighted by molar-refractivity contribution is 7.91. The molecule has 0 radical (unpaired) electrons. The molecule has 0 bridgehead atoms. The summed E-state index contributed by atoms with van der Waals surface area (Å²) in [5, 5.41) is 9.85. The summed E-state index contributed by atoms with van der Waals surface area (Å²) >= 11 is 0. The van der Waals surface area contributed by atoms with Crippen LogP contribution in [0.15, 0.2) is 60.9 Å². The second-order valence-electron chi connectivity index (χ2n) is 7.67. The lowest BCUT2D eigenvalue weighted by atomic mass is 9.98. The SMILES string of the molecule is O=C(NCC(c1ccccc1)c1ncn[nH]1)c1cccc(CN2CCS(=O)(=O)CC2)c1. The average Bonchev–Trinajstić information content (AvgIpc) is 3.31. The van der Waals surface area contributed by atoms with Crippen molar-refractivity contribution in [1.82, 2.24) is 25.4 Å². The van der Waals surface area contributed by atoms with Crippen LogP contribution in [-0.4, -0.2) is 65.5 Å². The molecule has 2 N–H and O–H groups in total. The van der Waals surface area contributed by atoms with E-state index < -0.39 is 9.84 Å². The fourth-order valence-corrected chi connectivity index (χ4v) is 4.99. The zero-order valence-corrected chi connectivity index (χ0v) is 17.9. The van der Waals surface area contributed by atoms with Gasteiger partial charge >= 0.3 is 0 Å². The number of aromatic amines is 1. The Morgan fingerprint density at radius 1 is 1.10 bits per heavy atom. The van der Waals surface area contributed by atoms with Crippen LogP contribution in [0.5, 0.6) is 0 Å². The second-order valence-corrected chi connectivity index (χ2v) is 9.98. The Hall–Kier alpha value is -3.04. The van der Waals surface area contributed by atoms with Crippen molar-refractivity contribution in [3.63, 3.8) is 0 Å². The normalized spacial score (nSPS) is 17.2. The summed E-state index contributed by atoms with van der Waals surface area (Å²) in [4.78, 5) is 19.2. The van der Waals surface area contributed by atoms with Gasteiger partial charge in [0.1, 0.15) is 12.2 Å². The molecule has 0 spiro atoms. The summed E-state index contributed by atoms with van der Waals surface area (Å²) in [5.74, 6) is 0.778. The van der Waals surface area contributed by atoms with Crippen LogP contribution in [0, 0.1) is 0 Å². The number of hydrogen-bond donors (Lipinski definition) is 2. The molecule has 9 heteroatoms. The van der Waals surface area contributed by atoms with Crippen molar-refractivity contribution >= 4 is 15.7 Å². The third-order valence-corrected chi connectivity index (χ3v) is 7.07. The molecule has 0 aliphatic carbocycles. The molecule has 162 valence electrons. The van der Waals surface area contributed by atoms with E-state index in [1.807, 2.05) is 48.5 Å². The number of aromatic nitrogens is 3. The van der Waals surface area contributed by atoms with Gasteiger partial charge in [0.2, 0.25) is 0 Å². The largest absolute Gasteiger partial charge is 0.351 e. The van der Waals surface area contributed by atoms with E-state index in [0.717, 1.165) is 11.1 Å². The van der Waals surface area contributed by atoms with Gasteiger partial charge in [-0.1, -0.05) is 42.5 Å². The van der Waals surface area contributed by atoms with E-state index in [0.29, 0.717) is 37.6 Å². The quantitative estimate of drug-likeness (QED) is 0.579. The van der Waals surface area contributed by atoms with Crippen molar-refractivity contribution in [2.45, 2.75) is 12.5 Å². The molecule has 31 heavy (non-hydrogen) atoms. The highest BCUT2D eigenvalue weighted by atomic mass is 32.2. The summed E-state index contributed by atoms with van der Waals surface area (Å²) < 4.78 is 23.2. The number of benzene rings is 2. The first-order chi connectivity index (χ1) is 15.0. The fourth-order valence-electron chi connectivity index (χ4n) is 3.71. The monoisotopic (exact) mass is 439 g/mol. The van der Waals surface area contributed by atoms with Gasteiger partial charge in [0.15, 0.2) is 9.84 Å². The first kappa shape index (κ1) is 21.2. The summed E-state index contributed by atoms with van der Waals surface area (Å²) in [6, 6.07) is 17.3. The van der Waals surface area contributed by atoms with Crippen molar-refractivity contribution in [3.8, 4) is 0 Å². The number of carbonyl (C=O) groups is 1. The first-order valence-electron chi connectivity index (χ1n) is 10.2. The van der Waals surface area contributed by atoms with E-state index in [4.69, 9.17) is 0 Å². The Morgan fingerprint density at radius 2 is 1.87 bits per heavy atom. The van der Waals surface area contributed by atoms with Crippen molar-refractivity contribution in [3.05, 3.63) is 83.4 Å². The molecule has 1 aliphatic heterocycles. The third-order valence-electron chi connectivity index (χ3n) is 5.46. The smallest absolute Gasteiger partial charge is 0.251 e. The molecule has 1 aromatic heterocycles. The number of hydrogen-bond acceptors (Lipinski definition) is 6. The maximum absolute atomic E-state index is 12.8. The minimum absolute atomic E-state index is 0.133. The number of carbonyl (C=O) groups excluding carboxylic acids is 1. The number of sulfone groups is 1. The molecule has 3 aromatic rings. The van der Waals surface area contributed by atoms with Gasteiger partial charge in [-0.25, -0.2) is 13.4 Å². The molecule has 1 saturated heterocycles. The van der Waals surface area contributed by atoms with Gasteiger partial charge in [-0.2, -0.15) is 5.10 Å². The van der Waals surface area contributed by atoms with E-state index in [1.165, 1.54) is 6.33 Å². The molecule has 1 aliphatic rings. The van der Waals surface area contributed by atoms with E-state index in [-0.39, 0.29) is 23.3 Å². The van der Waals surface area contributed by atoms with Crippen molar-refractivity contribution in [1.29, 1.82) is 0 Å². The fraction of sp³-hybridized carbons (Fsp3) is 0.318. The number of rotatable bonds is 7. The average molecular weight is 440 g/mol. The molecule has 1 amide bonds. The van der Waals surface area contributed by atoms with Crippen LogP contribution in [-0.2, 0) is 16.4 Å². The first-order valence-corrected chi connectivity index (χ1v) is 12.0. The van der Waals surface area contributed by atoms with Crippen LogP contribution in [0.3, 0.4) is 0 Å². The van der Waals surface area contributed by atoms with Gasteiger partial charge < -0.3 is 5.32 Å². The Labute approximate surface area is 181 Å². The van der Waals surface area contributed by atoms with E-state index >= 15 is 0 Å². The van der Waals surface area contributed by atoms with E-state index in [2.05, 4.69) is 25.4 Å². The molecule has 2 aromatic carbocycles. The van der Waals surface area contributed by atoms with E-state index in [1.54, 1.807) is 6.07 Å². The topological polar surface area (TPSA) is 108 Å². The lowest BCUT2D eigenvalue weighted by Gasteiger charge is -2.26. The van der Waals surface area contributed by atoms with Gasteiger partial charge in [-0.3, -0.25) is 14.8 Å². The summed E-state index contributed by atoms with van der Waals surface area (Å²) in [7, 11) is -2.90. The minimum atomic E-state index is -2.90. The maximum Gasteiger partial charge on any atom is 0.251 e.